The third kappa shape index (κ3) is 1.21. The first-order valence-corrected chi connectivity index (χ1v) is 3.07. The Kier molecular flexibility index (Phi) is 1.73. The molecule has 6 heteroatoms. The average molecular weight is 186 g/mol. The first-order chi connectivity index (χ1) is 5.26. The van der Waals surface area contributed by atoms with Crippen LogP contribution in [0.3, 0.4) is 0 Å². The van der Waals surface area contributed by atoms with E-state index in [1.54, 1.807) is 0 Å². The Bertz CT molecular complexity index is 212. The lowest BCUT2D eigenvalue weighted by Crippen LogP contribution is -2.39. The van der Waals surface area contributed by atoms with Gasteiger partial charge in [0.2, 0.25) is 0 Å². The molecule has 12 heavy (non-hydrogen) atoms. The Hall–Kier alpha value is -0.940. The van der Waals surface area contributed by atoms with Gasteiger partial charge in [-0.1, -0.05) is 0 Å². The maximum Gasteiger partial charge on any atom is 0.353 e. The maximum absolute atomic E-state index is 12.9. The van der Waals surface area contributed by atoms with Gasteiger partial charge in [-0.3, -0.25) is 0 Å². The molecule has 0 spiro atoms. The third-order valence-corrected chi connectivity index (χ3v) is 1.52. The molecule has 0 aromatic rings. The van der Waals surface area contributed by atoms with E-state index in [4.69, 9.17) is 0 Å². The number of ether oxygens (including phenoxy) is 2. The molecule has 0 bridgehead atoms. The third-order valence-electron chi connectivity index (χ3n) is 1.52. The van der Waals surface area contributed by atoms with Crippen LogP contribution in [0.4, 0.5) is 17.6 Å². The van der Waals surface area contributed by atoms with Gasteiger partial charge in [0, 0.05) is 13.8 Å². The topological polar surface area (TPSA) is 18.5 Å². The predicted molar refractivity (Wildman–Crippen MR) is 30.4 cm³/mol. The van der Waals surface area contributed by atoms with E-state index < -0.39 is 23.7 Å². The molecule has 1 aliphatic heterocycles. The molecule has 0 aromatic heterocycles. The number of halogens is 4. The SMILES string of the molecule is CC1(F)OC(=C(F)F)OC1(C)F. The molecule has 2 atom stereocenters. The lowest BCUT2D eigenvalue weighted by molar-refractivity contribution is -0.191. The molecule has 0 aromatic carbocycles. The smallest absolute Gasteiger partial charge is 0.353 e. The lowest BCUT2D eigenvalue weighted by Gasteiger charge is -2.20. The fourth-order valence-corrected chi connectivity index (χ4v) is 0.628. The Balaban J connectivity index is 2.97. The molecule has 0 saturated carbocycles. The Morgan fingerprint density at radius 2 is 1.42 bits per heavy atom. The zero-order chi connectivity index (χ0) is 9.57. The van der Waals surface area contributed by atoms with E-state index >= 15 is 0 Å². The normalized spacial score (nSPS) is 40.7. The van der Waals surface area contributed by atoms with E-state index in [9.17, 15) is 17.6 Å². The fourth-order valence-electron chi connectivity index (χ4n) is 0.628. The Labute approximate surface area is 65.8 Å². The second-order valence-electron chi connectivity index (χ2n) is 2.59. The summed E-state index contributed by atoms with van der Waals surface area (Å²) in [6, 6.07) is 0. The van der Waals surface area contributed by atoms with Crippen molar-refractivity contribution in [3.63, 3.8) is 0 Å². The molecule has 0 amide bonds. The van der Waals surface area contributed by atoms with Gasteiger partial charge >= 0.3 is 23.7 Å². The van der Waals surface area contributed by atoms with Crippen LogP contribution in [0.1, 0.15) is 13.8 Å². The minimum atomic E-state index is -2.88. The molecular weight excluding hydrogens is 180 g/mol. The van der Waals surface area contributed by atoms with Crippen LogP contribution in [0, 0.1) is 0 Å². The van der Waals surface area contributed by atoms with Crippen LogP contribution in [0.5, 0.6) is 0 Å². The molecule has 1 rings (SSSR count). The molecule has 70 valence electrons. The molecular formula is C6H6F4O2. The highest BCUT2D eigenvalue weighted by molar-refractivity contribution is 4.98. The second kappa shape index (κ2) is 2.27. The van der Waals surface area contributed by atoms with Gasteiger partial charge in [0.05, 0.1) is 0 Å². The van der Waals surface area contributed by atoms with Gasteiger partial charge in [0.1, 0.15) is 0 Å². The lowest BCUT2D eigenvalue weighted by atomic mass is 10.2. The van der Waals surface area contributed by atoms with Crippen LogP contribution in [-0.4, -0.2) is 11.7 Å². The summed E-state index contributed by atoms with van der Waals surface area (Å²) in [5.74, 6) is -7.16. The molecule has 1 saturated heterocycles. The van der Waals surface area contributed by atoms with E-state index in [0.29, 0.717) is 13.8 Å². The predicted octanol–water partition coefficient (Wildman–Crippen LogP) is 2.47. The summed E-state index contributed by atoms with van der Waals surface area (Å²) in [6.45, 7) is 1.34. The summed E-state index contributed by atoms with van der Waals surface area (Å²) < 4.78 is 57.0. The standard InChI is InChI=1S/C6H6F4O2/c1-5(9)6(2,10)12-4(11-5)3(7)8/h1-2H3. The fraction of sp³-hybridized carbons (Fsp3) is 0.667. The molecule has 0 N–H and O–H groups in total. The van der Waals surface area contributed by atoms with Gasteiger partial charge in [0.15, 0.2) is 0 Å². The number of alkyl halides is 2. The van der Waals surface area contributed by atoms with E-state index in [1.165, 1.54) is 0 Å². The van der Waals surface area contributed by atoms with Gasteiger partial charge in [-0.25, -0.2) is 0 Å². The van der Waals surface area contributed by atoms with Crippen molar-refractivity contribution in [2.24, 2.45) is 0 Å². The highest BCUT2D eigenvalue weighted by Gasteiger charge is 2.59. The largest absolute Gasteiger partial charge is 0.417 e. The maximum atomic E-state index is 12.9. The zero-order valence-electron chi connectivity index (χ0n) is 6.33. The van der Waals surface area contributed by atoms with Crippen LogP contribution in [-0.2, 0) is 9.47 Å². The van der Waals surface area contributed by atoms with Gasteiger partial charge in [-0.2, -0.15) is 17.6 Å². The summed E-state index contributed by atoms with van der Waals surface area (Å²) in [6.07, 6.45) is -2.39. The summed E-state index contributed by atoms with van der Waals surface area (Å²) in [5, 5.41) is 0. The van der Waals surface area contributed by atoms with Gasteiger partial charge in [-0.05, 0) is 0 Å². The van der Waals surface area contributed by atoms with Crippen molar-refractivity contribution in [1.82, 2.24) is 0 Å². The highest BCUT2D eigenvalue weighted by Crippen LogP contribution is 2.43. The van der Waals surface area contributed by atoms with E-state index in [1.807, 2.05) is 0 Å². The summed E-state index contributed by atoms with van der Waals surface area (Å²) in [5.41, 5.74) is 0. The van der Waals surface area contributed by atoms with Gasteiger partial charge < -0.3 is 9.47 Å². The van der Waals surface area contributed by atoms with Crippen LogP contribution in [0.25, 0.3) is 0 Å². The van der Waals surface area contributed by atoms with Crippen LogP contribution >= 0.6 is 0 Å². The average Bonchev–Trinajstić information content (AvgIpc) is 2.03. The Morgan fingerprint density at radius 1 is 1.08 bits per heavy atom. The van der Waals surface area contributed by atoms with Crippen molar-refractivity contribution in [3.8, 4) is 0 Å². The molecule has 1 heterocycles. The van der Waals surface area contributed by atoms with Crippen molar-refractivity contribution >= 4 is 0 Å². The Morgan fingerprint density at radius 3 is 1.58 bits per heavy atom. The first kappa shape index (κ1) is 9.15. The van der Waals surface area contributed by atoms with Crippen LogP contribution in [0.15, 0.2) is 12.0 Å². The zero-order valence-corrected chi connectivity index (χ0v) is 6.33. The van der Waals surface area contributed by atoms with Gasteiger partial charge in [-0.15, -0.1) is 0 Å². The van der Waals surface area contributed by atoms with E-state index in [0.717, 1.165) is 0 Å². The van der Waals surface area contributed by atoms with Crippen molar-refractivity contribution < 1.29 is 27.0 Å². The summed E-state index contributed by atoms with van der Waals surface area (Å²) in [4.78, 5) is 0. The van der Waals surface area contributed by atoms with Gasteiger partial charge in [0.25, 0.3) is 0 Å². The van der Waals surface area contributed by atoms with Crippen LogP contribution < -0.4 is 0 Å². The molecule has 2 unspecified atom stereocenters. The second-order valence-corrected chi connectivity index (χ2v) is 2.59. The van der Waals surface area contributed by atoms with E-state index in [2.05, 4.69) is 9.47 Å². The molecule has 1 fully saturated rings. The highest BCUT2D eigenvalue weighted by atomic mass is 19.3. The van der Waals surface area contributed by atoms with Crippen molar-refractivity contribution in [2.75, 3.05) is 0 Å². The number of hydrogen-bond acceptors (Lipinski definition) is 2. The monoisotopic (exact) mass is 186 g/mol. The molecule has 0 aliphatic carbocycles. The molecule has 0 radical (unpaired) electrons. The van der Waals surface area contributed by atoms with Crippen molar-refractivity contribution in [1.29, 1.82) is 0 Å². The number of hydrogen-bond donors (Lipinski definition) is 0. The van der Waals surface area contributed by atoms with Crippen molar-refractivity contribution in [3.05, 3.63) is 12.0 Å². The quantitative estimate of drug-likeness (QED) is 0.541. The summed E-state index contributed by atoms with van der Waals surface area (Å²) in [7, 11) is 0. The van der Waals surface area contributed by atoms with Crippen LogP contribution in [0.2, 0.25) is 0 Å². The molecule has 1 aliphatic rings. The minimum absolute atomic E-state index is 0.670. The minimum Gasteiger partial charge on any atom is -0.417 e. The summed E-state index contributed by atoms with van der Waals surface area (Å²) >= 11 is 0. The van der Waals surface area contributed by atoms with E-state index in [-0.39, 0.29) is 0 Å². The molecule has 2 nitrogen and oxygen atoms in total. The first-order valence-electron chi connectivity index (χ1n) is 3.07. The van der Waals surface area contributed by atoms with Crippen molar-refractivity contribution in [2.45, 2.75) is 25.6 Å². The number of rotatable bonds is 0.